The van der Waals surface area contributed by atoms with Crippen LogP contribution in [0.25, 0.3) is 6.08 Å². The van der Waals surface area contributed by atoms with Crippen LogP contribution in [0.5, 0.6) is 0 Å². The third-order valence-electron chi connectivity index (χ3n) is 4.64. The molecule has 0 bridgehead atoms. The fourth-order valence-electron chi connectivity index (χ4n) is 3.01. The predicted molar refractivity (Wildman–Crippen MR) is 104 cm³/mol. The molecule has 0 atom stereocenters. The van der Waals surface area contributed by atoms with Crippen molar-refractivity contribution in [1.29, 1.82) is 0 Å². The van der Waals surface area contributed by atoms with Gasteiger partial charge < -0.3 is 4.90 Å². The summed E-state index contributed by atoms with van der Waals surface area (Å²) in [4.78, 5) is 28.7. The van der Waals surface area contributed by atoms with E-state index in [0.717, 1.165) is 25.2 Å². The Morgan fingerprint density at radius 2 is 1.58 bits per heavy atom. The number of aryl methyl sites for hydroxylation is 1. The van der Waals surface area contributed by atoms with Crippen LogP contribution in [-0.2, 0) is 4.79 Å². The predicted octanol–water partition coefficient (Wildman–Crippen LogP) is 3.04. The zero-order chi connectivity index (χ0) is 18.4. The van der Waals surface area contributed by atoms with Crippen LogP contribution in [-0.4, -0.2) is 54.2 Å². The highest BCUT2D eigenvalue weighted by Crippen LogP contribution is 2.09. The fraction of sp³-hybridized carbons (Fsp3) is 0.273. The first-order valence-corrected chi connectivity index (χ1v) is 8.98. The van der Waals surface area contributed by atoms with E-state index in [1.54, 1.807) is 17.0 Å². The summed E-state index contributed by atoms with van der Waals surface area (Å²) < 4.78 is 0. The molecule has 1 aliphatic rings. The van der Waals surface area contributed by atoms with Gasteiger partial charge in [0.1, 0.15) is 0 Å². The first-order chi connectivity index (χ1) is 12.6. The number of rotatable bonds is 5. The quantitative estimate of drug-likeness (QED) is 0.616. The molecule has 0 N–H and O–H groups in total. The number of piperazine rings is 1. The summed E-state index contributed by atoms with van der Waals surface area (Å²) in [6.45, 7) is 5.56. The number of benzene rings is 2. The summed E-state index contributed by atoms with van der Waals surface area (Å²) in [5.41, 5.74) is 2.73. The number of hydrogen-bond donors (Lipinski definition) is 0. The van der Waals surface area contributed by atoms with Crippen LogP contribution in [0.15, 0.2) is 60.7 Å². The van der Waals surface area contributed by atoms with E-state index in [1.807, 2.05) is 37.3 Å². The van der Waals surface area contributed by atoms with Crippen molar-refractivity contribution in [1.82, 2.24) is 9.80 Å². The van der Waals surface area contributed by atoms with Gasteiger partial charge in [0.2, 0.25) is 5.78 Å². The number of nitrogens with zero attached hydrogens (tertiary/aromatic N) is 2. The maximum absolute atomic E-state index is 12.4. The van der Waals surface area contributed by atoms with Gasteiger partial charge in [0.25, 0.3) is 5.91 Å². The number of amides is 1. The normalized spacial score (nSPS) is 15.3. The van der Waals surface area contributed by atoms with Gasteiger partial charge in [-0.15, -0.1) is 0 Å². The van der Waals surface area contributed by atoms with Crippen LogP contribution in [0.1, 0.15) is 21.5 Å². The molecule has 4 nitrogen and oxygen atoms in total. The smallest absolute Gasteiger partial charge is 0.295 e. The van der Waals surface area contributed by atoms with Crippen molar-refractivity contribution in [3.05, 3.63) is 77.4 Å². The molecule has 1 saturated heterocycles. The molecule has 1 amide bonds. The molecule has 0 radical (unpaired) electrons. The van der Waals surface area contributed by atoms with Crippen molar-refractivity contribution in [3.63, 3.8) is 0 Å². The summed E-state index contributed by atoms with van der Waals surface area (Å²) in [7, 11) is 0. The van der Waals surface area contributed by atoms with Gasteiger partial charge in [-0.25, -0.2) is 0 Å². The van der Waals surface area contributed by atoms with E-state index in [0.29, 0.717) is 18.7 Å². The van der Waals surface area contributed by atoms with E-state index in [4.69, 9.17) is 0 Å². The van der Waals surface area contributed by atoms with E-state index in [1.165, 1.54) is 5.56 Å². The Labute approximate surface area is 154 Å². The second kappa shape index (κ2) is 8.59. The summed E-state index contributed by atoms with van der Waals surface area (Å²) >= 11 is 0. The number of carbonyl (C=O) groups excluding carboxylic acids is 2. The molecule has 4 heteroatoms. The molecule has 1 heterocycles. The zero-order valence-electron chi connectivity index (χ0n) is 15.1. The molecule has 3 rings (SSSR count). The van der Waals surface area contributed by atoms with Gasteiger partial charge in [0.05, 0.1) is 0 Å². The number of hydrogen-bond acceptors (Lipinski definition) is 3. The standard InChI is InChI=1S/C22H24N2O2/c1-18-9-11-20(12-10-18)21(25)22(26)24-16-14-23(15-17-24)13-5-8-19-6-3-2-4-7-19/h2-12H,13-17H2,1H3/b8-5+. The van der Waals surface area contributed by atoms with E-state index in [2.05, 4.69) is 29.2 Å². The highest BCUT2D eigenvalue weighted by atomic mass is 16.2. The molecule has 0 saturated carbocycles. The first-order valence-electron chi connectivity index (χ1n) is 8.98. The van der Waals surface area contributed by atoms with Crippen LogP contribution in [0, 0.1) is 6.92 Å². The lowest BCUT2D eigenvalue weighted by Gasteiger charge is -2.33. The average Bonchev–Trinajstić information content (AvgIpc) is 2.69. The molecule has 2 aromatic rings. The topological polar surface area (TPSA) is 40.6 Å². The van der Waals surface area contributed by atoms with Crippen molar-refractivity contribution in [2.75, 3.05) is 32.7 Å². The van der Waals surface area contributed by atoms with Gasteiger partial charge in [0, 0.05) is 38.3 Å². The molecule has 26 heavy (non-hydrogen) atoms. The van der Waals surface area contributed by atoms with Gasteiger partial charge in [-0.3, -0.25) is 14.5 Å². The van der Waals surface area contributed by atoms with E-state index in [9.17, 15) is 9.59 Å². The number of ketones is 1. The van der Waals surface area contributed by atoms with Gasteiger partial charge in [-0.1, -0.05) is 72.3 Å². The van der Waals surface area contributed by atoms with E-state index in [-0.39, 0.29) is 0 Å². The minimum Gasteiger partial charge on any atom is -0.333 e. The lowest BCUT2D eigenvalue weighted by molar-refractivity contribution is -0.128. The van der Waals surface area contributed by atoms with Crippen molar-refractivity contribution < 1.29 is 9.59 Å². The van der Waals surface area contributed by atoms with Crippen molar-refractivity contribution >= 4 is 17.8 Å². The lowest BCUT2D eigenvalue weighted by atomic mass is 10.1. The maximum atomic E-state index is 12.4. The number of carbonyl (C=O) groups is 2. The van der Waals surface area contributed by atoms with Crippen molar-refractivity contribution in [2.24, 2.45) is 0 Å². The minimum absolute atomic E-state index is 0.395. The largest absolute Gasteiger partial charge is 0.333 e. The van der Waals surface area contributed by atoms with Gasteiger partial charge in [-0.2, -0.15) is 0 Å². The Morgan fingerprint density at radius 3 is 2.23 bits per heavy atom. The lowest BCUT2D eigenvalue weighted by Crippen LogP contribution is -2.50. The van der Waals surface area contributed by atoms with Gasteiger partial charge in [-0.05, 0) is 12.5 Å². The second-order valence-electron chi connectivity index (χ2n) is 6.60. The summed E-state index contributed by atoms with van der Waals surface area (Å²) in [5.74, 6) is -0.809. The molecule has 134 valence electrons. The first kappa shape index (κ1) is 18.1. The molecule has 0 spiro atoms. The molecule has 0 aliphatic carbocycles. The molecule has 2 aromatic carbocycles. The number of Topliss-reactive ketones (excluding diaryl/α,β-unsaturated/α-hetero) is 1. The molecular formula is C22H24N2O2. The Morgan fingerprint density at radius 1 is 0.923 bits per heavy atom. The van der Waals surface area contributed by atoms with Crippen LogP contribution < -0.4 is 0 Å². The van der Waals surface area contributed by atoms with Crippen molar-refractivity contribution in [3.8, 4) is 0 Å². The average molecular weight is 348 g/mol. The van der Waals surface area contributed by atoms with Crippen LogP contribution in [0.3, 0.4) is 0 Å². The Hall–Kier alpha value is -2.72. The van der Waals surface area contributed by atoms with E-state index >= 15 is 0 Å². The Kier molecular flexibility index (Phi) is 5.97. The van der Waals surface area contributed by atoms with E-state index < -0.39 is 11.7 Å². The maximum Gasteiger partial charge on any atom is 0.295 e. The second-order valence-corrected chi connectivity index (χ2v) is 6.60. The summed E-state index contributed by atoms with van der Waals surface area (Å²) in [6, 6.07) is 17.4. The zero-order valence-corrected chi connectivity index (χ0v) is 15.1. The highest BCUT2D eigenvalue weighted by Gasteiger charge is 2.26. The van der Waals surface area contributed by atoms with Crippen LogP contribution in [0.4, 0.5) is 0 Å². The SMILES string of the molecule is Cc1ccc(C(=O)C(=O)N2CCN(C/C=C/c3ccccc3)CC2)cc1. The van der Waals surface area contributed by atoms with Crippen LogP contribution in [0.2, 0.25) is 0 Å². The molecular weight excluding hydrogens is 324 g/mol. The van der Waals surface area contributed by atoms with Crippen molar-refractivity contribution in [2.45, 2.75) is 6.92 Å². The summed E-state index contributed by atoms with van der Waals surface area (Å²) in [6.07, 6.45) is 4.25. The summed E-state index contributed by atoms with van der Waals surface area (Å²) in [5, 5.41) is 0. The monoisotopic (exact) mass is 348 g/mol. The minimum atomic E-state index is -0.414. The highest BCUT2D eigenvalue weighted by molar-refractivity contribution is 6.42. The molecule has 0 unspecified atom stereocenters. The molecule has 0 aromatic heterocycles. The van der Waals surface area contributed by atoms with Gasteiger partial charge in [0.15, 0.2) is 0 Å². The third-order valence-corrected chi connectivity index (χ3v) is 4.64. The Bertz CT molecular complexity index is 774. The van der Waals surface area contributed by atoms with Gasteiger partial charge >= 0.3 is 0 Å². The Balaban J connectivity index is 1.48. The fourth-order valence-corrected chi connectivity index (χ4v) is 3.01. The molecule has 1 fully saturated rings. The third kappa shape index (κ3) is 4.67. The molecule has 1 aliphatic heterocycles. The van der Waals surface area contributed by atoms with Crippen LogP contribution >= 0.6 is 0 Å².